The first-order valence-corrected chi connectivity index (χ1v) is 7.48. The minimum Gasteiger partial charge on any atom is -0.480 e. The lowest BCUT2D eigenvalue weighted by Gasteiger charge is -2.19. The van der Waals surface area contributed by atoms with Crippen molar-refractivity contribution < 1.29 is 24.2 Å². The number of hydrogen-bond acceptors (Lipinski definition) is 5. The molecule has 0 aromatic heterocycles. The van der Waals surface area contributed by atoms with Gasteiger partial charge in [-0.2, -0.15) is 0 Å². The van der Waals surface area contributed by atoms with Crippen LogP contribution in [-0.2, 0) is 9.53 Å². The third-order valence-electron chi connectivity index (χ3n) is 2.67. The predicted octanol–water partition coefficient (Wildman–Crippen LogP) is 1.44. The highest BCUT2D eigenvalue weighted by molar-refractivity contribution is 5.94. The number of alkyl carbamates (subject to hydrolysis) is 1. The molecule has 0 radical (unpaired) electrons. The van der Waals surface area contributed by atoms with E-state index in [1.165, 1.54) is 0 Å². The van der Waals surface area contributed by atoms with Crippen LogP contribution >= 0.6 is 0 Å². The highest BCUT2D eigenvalue weighted by atomic mass is 16.6. The third-order valence-corrected chi connectivity index (χ3v) is 2.67. The molecule has 0 aliphatic heterocycles. The van der Waals surface area contributed by atoms with Gasteiger partial charge in [0.15, 0.2) is 0 Å². The second-order valence-electron chi connectivity index (χ2n) is 6.01. The smallest absolute Gasteiger partial charge is 0.407 e. The van der Waals surface area contributed by atoms with Crippen LogP contribution in [-0.4, -0.2) is 48.3 Å². The minimum absolute atomic E-state index is 0.193. The van der Waals surface area contributed by atoms with Gasteiger partial charge in [0, 0.05) is 24.3 Å². The number of anilines is 1. The second kappa shape index (κ2) is 8.76. The summed E-state index contributed by atoms with van der Waals surface area (Å²) in [6.45, 7) is 5.62. The topological polar surface area (TPSA) is 117 Å². The van der Waals surface area contributed by atoms with Crippen molar-refractivity contribution >= 4 is 23.7 Å². The lowest BCUT2D eigenvalue weighted by molar-refractivity contribution is -0.134. The standard InChI is InChI=1S/C16H23N3O5/c1-16(2,3)24-15(23)18-9-8-17-14(22)11-4-6-12(7-5-11)19-10-13(20)21/h4-7,19H,8-10H2,1-3H3,(H,17,22)(H,18,23)(H,20,21). The summed E-state index contributed by atoms with van der Waals surface area (Å²) < 4.78 is 5.07. The van der Waals surface area contributed by atoms with E-state index < -0.39 is 17.7 Å². The fourth-order valence-electron chi connectivity index (χ4n) is 1.67. The summed E-state index contributed by atoms with van der Waals surface area (Å²) in [5, 5.41) is 16.5. The molecule has 0 aliphatic carbocycles. The van der Waals surface area contributed by atoms with E-state index in [2.05, 4.69) is 16.0 Å². The molecule has 0 fully saturated rings. The molecule has 24 heavy (non-hydrogen) atoms. The van der Waals surface area contributed by atoms with Gasteiger partial charge in [0.05, 0.1) is 0 Å². The number of ether oxygens (including phenoxy) is 1. The van der Waals surface area contributed by atoms with E-state index in [1.54, 1.807) is 45.0 Å². The molecule has 1 aromatic rings. The van der Waals surface area contributed by atoms with E-state index in [1.807, 2.05) is 0 Å². The normalized spacial score (nSPS) is 10.6. The van der Waals surface area contributed by atoms with Crippen molar-refractivity contribution in [3.63, 3.8) is 0 Å². The fraction of sp³-hybridized carbons (Fsp3) is 0.438. The molecule has 0 saturated carbocycles. The zero-order valence-corrected chi connectivity index (χ0v) is 14.0. The number of nitrogens with one attached hydrogen (secondary N) is 3. The first-order valence-electron chi connectivity index (χ1n) is 7.48. The fourth-order valence-corrected chi connectivity index (χ4v) is 1.67. The quantitative estimate of drug-likeness (QED) is 0.559. The Labute approximate surface area is 140 Å². The van der Waals surface area contributed by atoms with Crippen LogP contribution in [0.2, 0.25) is 0 Å². The summed E-state index contributed by atoms with van der Waals surface area (Å²) in [6, 6.07) is 6.41. The van der Waals surface area contributed by atoms with Gasteiger partial charge >= 0.3 is 12.1 Å². The summed E-state index contributed by atoms with van der Waals surface area (Å²) in [4.78, 5) is 33.8. The van der Waals surface area contributed by atoms with Gasteiger partial charge in [-0.1, -0.05) is 0 Å². The van der Waals surface area contributed by atoms with Crippen molar-refractivity contribution in [2.24, 2.45) is 0 Å². The molecule has 0 unspecified atom stereocenters. The highest BCUT2D eigenvalue weighted by Gasteiger charge is 2.15. The first-order chi connectivity index (χ1) is 11.2. The van der Waals surface area contributed by atoms with E-state index >= 15 is 0 Å². The van der Waals surface area contributed by atoms with Gasteiger partial charge in [0.25, 0.3) is 5.91 Å². The van der Waals surface area contributed by atoms with E-state index in [0.29, 0.717) is 11.3 Å². The Kier molecular flexibility index (Phi) is 7.03. The van der Waals surface area contributed by atoms with Crippen LogP contribution in [0.15, 0.2) is 24.3 Å². The molecule has 0 aliphatic rings. The third kappa shape index (κ3) is 8.02. The maximum Gasteiger partial charge on any atom is 0.407 e. The maximum absolute atomic E-state index is 11.9. The molecular weight excluding hydrogens is 314 g/mol. The van der Waals surface area contributed by atoms with Crippen molar-refractivity contribution in [1.29, 1.82) is 0 Å². The first kappa shape index (κ1) is 19.3. The van der Waals surface area contributed by atoms with Gasteiger partial charge in [-0.25, -0.2) is 4.79 Å². The predicted molar refractivity (Wildman–Crippen MR) is 89.1 cm³/mol. The van der Waals surface area contributed by atoms with E-state index in [-0.39, 0.29) is 25.5 Å². The van der Waals surface area contributed by atoms with Crippen molar-refractivity contribution in [2.45, 2.75) is 26.4 Å². The van der Waals surface area contributed by atoms with Crippen LogP contribution in [0.5, 0.6) is 0 Å². The zero-order valence-electron chi connectivity index (χ0n) is 14.0. The number of benzene rings is 1. The average Bonchev–Trinajstić information content (AvgIpc) is 2.48. The Morgan fingerprint density at radius 3 is 2.17 bits per heavy atom. The molecule has 1 aromatic carbocycles. The molecule has 132 valence electrons. The molecule has 0 spiro atoms. The number of rotatable bonds is 7. The second-order valence-corrected chi connectivity index (χ2v) is 6.01. The Hall–Kier alpha value is -2.77. The molecular formula is C16H23N3O5. The number of amides is 2. The molecule has 4 N–H and O–H groups in total. The Bertz CT molecular complexity index is 578. The number of carbonyl (C=O) groups is 3. The van der Waals surface area contributed by atoms with Crippen molar-refractivity contribution in [2.75, 3.05) is 25.0 Å². The number of carbonyl (C=O) groups excluding carboxylic acids is 2. The SMILES string of the molecule is CC(C)(C)OC(=O)NCCNC(=O)c1ccc(NCC(=O)O)cc1. The van der Waals surface area contributed by atoms with E-state index in [4.69, 9.17) is 9.84 Å². The van der Waals surface area contributed by atoms with Crippen molar-refractivity contribution in [3.05, 3.63) is 29.8 Å². The van der Waals surface area contributed by atoms with Gasteiger partial charge in [-0.15, -0.1) is 0 Å². The number of carboxylic acid groups (broad SMARTS) is 1. The highest BCUT2D eigenvalue weighted by Crippen LogP contribution is 2.09. The van der Waals surface area contributed by atoms with Crippen molar-refractivity contribution in [1.82, 2.24) is 10.6 Å². The molecule has 0 atom stereocenters. The Morgan fingerprint density at radius 2 is 1.62 bits per heavy atom. The molecule has 0 bridgehead atoms. The van der Waals surface area contributed by atoms with Crippen LogP contribution in [0.1, 0.15) is 31.1 Å². The van der Waals surface area contributed by atoms with Gasteiger partial charge in [0.1, 0.15) is 12.1 Å². The zero-order chi connectivity index (χ0) is 18.2. The number of carboxylic acids is 1. The average molecular weight is 337 g/mol. The summed E-state index contributed by atoms with van der Waals surface area (Å²) >= 11 is 0. The number of aliphatic carboxylic acids is 1. The molecule has 8 nitrogen and oxygen atoms in total. The molecule has 0 saturated heterocycles. The van der Waals surface area contributed by atoms with Gasteiger partial charge in [-0.05, 0) is 45.0 Å². The lowest BCUT2D eigenvalue weighted by atomic mass is 10.2. The minimum atomic E-state index is -0.964. The van der Waals surface area contributed by atoms with Crippen LogP contribution in [0.4, 0.5) is 10.5 Å². The summed E-state index contributed by atoms with van der Waals surface area (Å²) in [6.07, 6.45) is -0.536. The Balaban J connectivity index is 2.32. The van der Waals surface area contributed by atoms with Crippen LogP contribution in [0.25, 0.3) is 0 Å². The van der Waals surface area contributed by atoms with Crippen LogP contribution in [0.3, 0.4) is 0 Å². The van der Waals surface area contributed by atoms with Gasteiger partial charge in [-0.3, -0.25) is 9.59 Å². The summed E-state index contributed by atoms with van der Waals surface area (Å²) in [7, 11) is 0. The van der Waals surface area contributed by atoms with E-state index in [0.717, 1.165) is 0 Å². The van der Waals surface area contributed by atoms with Crippen LogP contribution in [0, 0.1) is 0 Å². The van der Waals surface area contributed by atoms with Crippen molar-refractivity contribution in [3.8, 4) is 0 Å². The largest absolute Gasteiger partial charge is 0.480 e. The van der Waals surface area contributed by atoms with E-state index in [9.17, 15) is 14.4 Å². The van der Waals surface area contributed by atoms with Gasteiger partial charge in [0.2, 0.25) is 0 Å². The Morgan fingerprint density at radius 1 is 1.04 bits per heavy atom. The number of hydrogen-bond donors (Lipinski definition) is 4. The summed E-state index contributed by atoms with van der Waals surface area (Å²) in [5.74, 6) is -1.25. The molecule has 0 heterocycles. The lowest BCUT2D eigenvalue weighted by Crippen LogP contribution is -2.37. The van der Waals surface area contributed by atoms with Crippen LogP contribution < -0.4 is 16.0 Å². The monoisotopic (exact) mass is 337 g/mol. The molecule has 2 amide bonds. The molecule has 1 rings (SSSR count). The van der Waals surface area contributed by atoms with Gasteiger partial charge < -0.3 is 25.8 Å². The molecule has 8 heteroatoms. The summed E-state index contributed by atoms with van der Waals surface area (Å²) in [5.41, 5.74) is 0.484. The maximum atomic E-state index is 11.9.